The Kier molecular flexibility index (Phi) is 7.79. The van der Waals surface area contributed by atoms with E-state index in [9.17, 15) is 13.2 Å². The minimum Gasteiger partial charge on any atom is -0.379 e. The van der Waals surface area contributed by atoms with Crippen molar-refractivity contribution in [2.45, 2.75) is 17.7 Å². The van der Waals surface area contributed by atoms with Crippen LogP contribution >= 0.6 is 23.8 Å². The van der Waals surface area contributed by atoms with Gasteiger partial charge in [-0.15, -0.1) is 0 Å². The molecule has 0 saturated carbocycles. The highest BCUT2D eigenvalue weighted by atomic mass is 35.5. The van der Waals surface area contributed by atoms with E-state index in [0.29, 0.717) is 43.4 Å². The predicted molar refractivity (Wildman–Crippen MR) is 120 cm³/mol. The van der Waals surface area contributed by atoms with E-state index >= 15 is 0 Å². The van der Waals surface area contributed by atoms with Gasteiger partial charge in [0.25, 0.3) is 0 Å². The van der Waals surface area contributed by atoms with Crippen LogP contribution < -0.4 is 10.6 Å². The number of carbonyl (C=O) groups is 1. The third kappa shape index (κ3) is 5.99. The zero-order chi connectivity index (χ0) is 21.6. The van der Waals surface area contributed by atoms with Crippen molar-refractivity contribution in [2.75, 3.05) is 31.6 Å². The van der Waals surface area contributed by atoms with Crippen molar-refractivity contribution in [1.29, 1.82) is 0 Å². The van der Waals surface area contributed by atoms with Crippen LogP contribution in [0.1, 0.15) is 12.0 Å². The number of sulfonamides is 1. The molecule has 1 heterocycles. The highest BCUT2D eigenvalue weighted by Crippen LogP contribution is 2.19. The molecular weight excluding hydrogens is 446 g/mol. The number of carbonyl (C=O) groups excluding carboxylic acids is 1. The van der Waals surface area contributed by atoms with Crippen LogP contribution in [0.2, 0.25) is 5.02 Å². The molecule has 1 saturated heterocycles. The summed E-state index contributed by atoms with van der Waals surface area (Å²) in [7, 11) is -3.55. The topological polar surface area (TPSA) is 87.7 Å². The first-order valence-corrected chi connectivity index (χ1v) is 11.6. The second-order valence-electron chi connectivity index (χ2n) is 6.63. The standard InChI is InChI=1S/C20H22ClN3O4S2/c21-18-4-2-1-3-15(18)5-10-19(25)23-20(29)22-16-6-8-17(9-7-16)30(26,27)24-11-13-28-14-12-24/h1-4,6-9H,5,10-14H2,(H2,22,23,25,29). The molecule has 0 aromatic heterocycles. The number of ether oxygens (including phenoxy) is 1. The van der Waals surface area contributed by atoms with Gasteiger partial charge in [0.15, 0.2) is 5.11 Å². The number of thiocarbonyl (C=S) groups is 1. The third-order valence-electron chi connectivity index (χ3n) is 4.55. The number of aryl methyl sites for hydroxylation is 1. The second-order valence-corrected chi connectivity index (χ2v) is 9.39. The van der Waals surface area contributed by atoms with Gasteiger partial charge in [-0.3, -0.25) is 4.79 Å². The van der Waals surface area contributed by atoms with Crippen LogP contribution in [0.4, 0.5) is 5.69 Å². The number of benzene rings is 2. The lowest BCUT2D eigenvalue weighted by Crippen LogP contribution is -2.40. The summed E-state index contributed by atoms with van der Waals surface area (Å²) >= 11 is 11.3. The first-order chi connectivity index (χ1) is 14.4. The summed E-state index contributed by atoms with van der Waals surface area (Å²) in [4.78, 5) is 12.3. The van der Waals surface area contributed by atoms with Crippen LogP contribution in [0.15, 0.2) is 53.4 Å². The van der Waals surface area contributed by atoms with E-state index < -0.39 is 10.0 Å². The molecule has 0 radical (unpaired) electrons. The van der Waals surface area contributed by atoms with E-state index in [2.05, 4.69) is 10.6 Å². The molecule has 10 heteroatoms. The summed E-state index contributed by atoms with van der Waals surface area (Å²) in [5.74, 6) is -0.237. The zero-order valence-corrected chi connectivity index (χ0v) is 18.5. The zero-order valence-electron chi connectivity index (χ0n) is 16.1. The summed E-state index contributed by atoms with van der Waals surface area (Å²) in [6, 6.07) is 13.6. The average Bonchev–Trinajstić information content (AvgIpc) is 2.74. The summed E-state index contributed by atoms with van der Waals surface area (Å²) < 4.78 is 31.9. The van der Waals surface area contributed by atoms with Gasteiger partial charge in [-0.1, -0.05) is 29.8 Å². The first kappa shape index (κ1) is 22.6. The number of hydrogen-bond acceptors (Lipinski definition) is 5. The maximum atomic E-state index is 12.6. The number of anilines is 1. The number of amides is 1. The fourth-order valence-electron chi connectivity index (χ4n) is 2.95. The van der Waals surface area contributed by atoms with Gasteiger partial charge in [-0.05, 0) is 54.5 Å². The molecule has 3 rings (SSSR count). The number of nitrogens with one attached hydrogen (secondary N) is 2. The Morgan fingerprint density at radius 2 is 1.77 bits per heavy atom. The molecule has 0 atom stereocenters. The molecule has 2 aromatic carbocycles. The maximum absolute atomic E-state index is 12.6. The van der Waals surface area contributed by atoms with E-state index in [4.69, 9.17) is 28.6 Å². The minimum absolute atomic E-state index is 0.142. The Labute approximate surface area is 186 Å². The molecule has 1 amide bonds. The van der Waals surface area contributed by atoms with Gasteiger partial charge in [0.1, 0.15) is 0 Å². The van der Waals surface area contributed by atoms with Gasteiger partial charge in [0.05, 0.1) is 18.1 Å². The molecule has 0 aliphatic carbocycles. The van der Waals surface area contributed by atoms with Gasteiger partial charge < -0.3 is 15.4 Å². The quantitative estimate of drug-likeness (QED) is 0.635. The summed E-state index contributed by atoms with van der Waals surface area (Å²) in [5, 5.41) is 6.26. The minimum atomic E-state index is -3.55. The number of hydrogen-bond donors (Lipinski definition) is 2. The van der Waals surface area contributed by atoms with Gasteiger partial charge in [-0.25, -0.2) is 8.42 Å². The third-order valence-corrected chi connectivity index (χ3v) is 7.04. The molecule has 1 fully saturated rings. The van der Waals surface area contributed by atoms with Crippen molar-refractivity contribution in [1.82, 2.24) is 9.62 Å². The molecule has 2 N–H and O–H groups in total. The normalized spacial score (nSPS) is 14.8. The van der Waals surface area contributed by atoms with Crippen LogP contribution in [-0.4, -0.2) is 50.0 Å². The Bertz CT molecular complexity index is 1010. The number of halogens is 1. The highest BCUT2D eigenvalue weighted by Gasteiger charge is 2.26. The Morgan fingerprint density at radius 1 is 1.10 bits per heavy atom. The van der Waals surface area contributed by atoms with Gasteiger partial charge >= 0.3 is 0 Å². The van der Waals surface area contributed by atoms with E-state index in [1.54, 1.807) is 18.2 Å². The average molecular weight is 468 g/mol. The van der Waals surface area contributed by atoms with Crippen molar-refractivity contribution in [2.24, 2.45) is 0 Å². The molecule has 0 bridgehead atoms. The molecule has 0 unspecified atom stereocenters. The highest BCUT2D eigenvalue weighted by molar-refractivity contribution is 7.89. The smallest absolute Gasteiger partial charge is 0.243 e. The largest absolute Gasteiger partial charge is 0.379 e. The number of morpholine rings is 1. The Balaban J connectivity index is 1.51. The van der Waals surface area contributed by atoms with Crippen LogP contribution in [0.3, 0.4) is 0 Å². The van der Waals surface area contributed by atoms with Crippen molar-refractivity contribution in [3.63, 3.8) is 0 Å². The molecule has 0 spiro atoms. The van der Waals surface area contributed by atoms with Crippen molar-refractivity contribution >= 4 is 50.5 Å². The lowest BCUT2D eigenvalue weighted by molar-refractivity contribution is -0.119. The fourth-order valence-corrected chi connectivity index (χ4v) is 4.82. The molecule has 1 aliphatic heterocycles. The van der Waals surface area contributed by atoms with E-state index in [0.717, 1.165) is 5.56 Å². The Morgan fingerprint density at radius 3 is 2.43 bits per heavy atom. The summed E-state index contributed by atoms with van der Waals surface area (Å²) in [6.45, 7) is 1.46. The van der Waals surface area contributed by atoms with Crippen LogP contribution in [0.5, 0.6) is 0 Å². The molecular formula is C20H22ClN3O4S2. The number of rotatable bonds is 6. The van der Waals surface area contributed by atoms with Gasteiger partial charge in [-0.2, -0.15) is 4.31 Å². The SMILES string of the molecule is O=C(CCc1ccccc1Cl)NC(=S)Nc1ccc(S(=O)(=O)N2CCOCC2)cc1. The monoisotopic (exact) mass is 467 g/mol. The summed E-state index contributed by atoms with van der Waals surface area (Å²) in [6.07, 6.45) is 0.741. The molecule has 1 aliphatic rings. The maximum Gasteiger partial charge on any atom is 0.243 e. The lowest BCUT2D eigenvalue weighted by Gasteiger charge is -2.26. The molecule has 160 valence electrons. The van der Waals surface area contributed by atoms with Crippen LogP contribution in [0, 0.1) is 0 Å². The van der Waals surface area contributed by atoms with Crippen molar-refractivity contribution in [3.8, 4) is 0 Å². The molecule has 30 heavy (non-hydrogen) atoms. The van der Waals surface area contributed by atoms with Crippen LogP contribution in [0.25, 0.3) is 0 Å². The second kappa shape index (κ2) is 10.3. The molecule has 7 nitrogen and oxygen atoms in total. The first-order valence-electron chi connectivity index (χ1n) is 9.38. The van der Waals surface area contributed by atoms with Gasteiger partial charge in [0, 0.05) is 30.2 Å². The fraction of sp³-hybridized carbons (Fsp3) is 0.300. The number of nitrogens with zero attached hydrogens (tertiary/aromatic N) is 1. The predicted octanol–water partition coefficient (Wildman–Crippen LogP) is 2.81. The van der Waals surface area contributed by atoms with Gasteiger partial charge in [0.2, 0.25) is 15.9 Å². The van der Waals surface area contributed by atoms with Crippen LogP contribution in [-0.2, 0) is 26.0 Å². The van der Waals surface area contributed by atoms with E-state index in [-0.39, 0.29) is 22.3 Å². The summed E-state index contributed by atoms with van der Waals surface area (Å²) in [5.41, 5.74) is 1.47. The van der Waals surface area contributed by atoms with E-state index in [1.165, 1.54) is 16.4 Å². The van der Waals surface area contributed by atoms with E-state index in [1.807, 2.05) is 18.2 Å². The van der Waals surface area contributed by atoms with Crippen molar-refractivity contribution < 1.29 is 17.9 Å². The Hall–Kier alpha value is -2.04. The van der Waals surface area contributed by atoms with Crippen molar-refractivity contribution in [3.05, 3.63) is 59.1 Å². The lowest BCUT2D eigenvalue weighted by atomic mass is 10.1. The molecule has 2 aromatic rings.